The fourth-order valence-electron chi connectivity index (χ4n) is 4.03. The number of alkyl halides is 3. The summed E-state index contributed by atoms with van der Waals surface area (Å²) in [6.45, 7) is 5.44. The van der Waals surface area contributed by atoms with Crippen molar-refractivity contribution in [1.29, 1.82) is 0 Å². The van der Waals surface area contributed by atoms with E-state index in [-0.39, 0.29) is 50.7 Å². The Morgan fingerprint density at radius 2 is 1.84 bits per heavy atom. The zero-order valence-corrected chi connectivity index (χ0v) is 21.1. The van der Waals surface area contributed by atoms with E-state index in [4.69, 9.17) is 5.73 Å². The van der Waals surface area contributed by atoms with E-state index in [0.717, 1.165) is 12.3 Å². The number of halogens is 3. The number of nitrogens with one attached hydrogen (secondary N) is 1. The van der Waals surface area contributed by atoms with Crippen molar-refractivity contribution in [3.8, 4) is 11.1 Å². The highest BCUT2D eigenvalue weighted by molar-refractivity contribution is 7.21. The maximum atomic E-state index is 13.7. The Labute approximate surface area is 216 Å². The number of carbonyl (C=O) groups is 2. The Morgan fingerprint density at radius 1 is 1.16 bits per heavy atom. The molecule has 2 amide bonds. The Kier molecular flexibility index (Phi) is 6.92. The molecule has 0 aromatic carbocycles. The lowest BCUT2D eigenvalue weighted by molar-refractivity contribution is -0.385. The number of fused-ring (bicyclic) bond motifs is 1. The van der Waals surface area contributed by atoms with Gasteiger partial charge in [0.25, 0.3) is 5.91 Å². The molecule has 0 radical (unpaired) electrons. The first-order valence-electron chi connectivity index (χ1n) is 11.2. The molecule has 0 atom stereocenters. The third-order valence-electron chi connectivity index (χ3n) is 5.96. The van der Waals surface area contributed by atoms with Crippen molar-refractivity contribution in [3.63, 3.8) is 0 Å². The van der Waals surface area contributed by atoms with Crippen molar-refractivity contribution >= 4 is 44.7 Å². The molecule has 4 heterocycles. The van der Waals surface area contributed by atoms with Gasteiger partial charge in [0.2, 0.25) is 5.91 Å². The number of carbonyl (C=O) groups excluding carboxylic acids is 2. The van der Waals surface area contributed by atoms with Crippen molar-refractivity contribution in [2.45, 2.75) is 46.5 Å². The van der Waals surface area contributed by atoms with Gasteiger partial charge in [0.1, 0.15) is 27.3 Å². The van der Waals surface area contributed by atoms with Gasteiger partial charge in [-0.1, -0.05) is 0 Å². The number of aryl methyl sites for hydroxylation is 2. The van der Waals surface area contributed by atoms with Gasteiger partial charge in [0.15, 0.2) is 0 Å². The lowest BCUT2D eigenvalue weighted by Crippen LogP contribution is -2.18. The third kappa shape index (κ3) is 4.81. The van der Waals surface area contributed by atoms with Crippen molar-refractivity contribution in [2.24, 2.45) is 5.73 Å². The Morgan fingerprint density at radius 3 is 2.39 bits per heavy atom. The molecule has 0 aliphatic heterocycles. The summed E-state index contributed by atoms with van der Waals surface area (Å²) >= 11 is 0.635. The van der Waals surface area contributed by atoms with Gasteiger partial charge in [0, 0.05) is 29.6 Å². The molecule has 4 aromatic heterocycles. The van der Waals surface area contributed by atoms with Crippen LogP contribution in [0.4, 0.5) is 24.5 Å². The molecule has 200 valence electrons. The maximum Gasteiger partial charge on any atom is 0.433 e. The molecular formula is C22H21F3N8O4S. The van der Waals surface area contributed by atoms with Crippen molar-refractivity contribution in [2.75, 3.05) is 5.32 Å². The number of aromatic nitrogens is 5. The quantitative estimate of drug-likeness (QED) is 0.247. The number of hydrogen-bond donors (Lipinski definition) is 2. The van der Waals surface area contributed by atoms with Gasteiger partial charge in [-0.3, -0.25) is 29.1 Å². The number of thiophene rings is 1. The summed E-state index contributed by atoms with van der Waals surface area (Å²) in [4.78, 5) is 39.0. The van der Waals surface area contributed by atoms with Crippen LogP contribution in [0.5, 0.6) is 0 Å². The third-order valence-corrected chi connectivity index (χ3v) is 7.06. The molecule has 38 heavy (non-hydrogen) atoms. The van der Waals surface area contributed by atoms with Crippen LogP contribution in [0.3, 0.4) is 0 Å². The Hall–Kier alpha value is -4.34. The van der Waals surface area contributed by atoms with E-state index in [2.05, 4.69) is 20.5 Å². The second kappa shape index (κ2) is 9.85. The van der Waals surface area contributed by atoms with Gasteiger partial charge in [0.05, 0.1) is 23.4 Å². The zero-order chi connectivity index (χ0) is 27.9. The van der Waals surface area contributed by atoms with Gasteiger partial charge in [-0.2, -0.15) is 23.4 Å². The molecule has 0 unspecified atom stereocenters. The lowest BCUT2D eigenvalue weighted by Gasteiger charge is -2.12. The molecule has 16 heteroatoms. The van der Waals surface area contributed by atoms with E-state index in [1.807, 2.05) is 6.92 Å². The van der Waals surface area contributed by atoms with Crippen LogP contribution >= 0.6 is 11.3 Å². The number of rotatable bonds is 8. The predicted octanol–water partition coefficient (Wildman–Crippen LogP) is 4.05. The molecule has 0 spiro atoms. The van der Waals surface area contributed by atoms with Crippen molar-refractivity contribution in [1.82, 2.24) is 24.5 Å². The van der Waals surface area contributed by atoms with E-state index in [1.165, 1.54) is 17.8 Å². The molecule has 4 rings (SSSR count). The number of hydrogen-bond acceptors (Lipinski definition) is 8. The number of nitrogens with zero attached hydrogens (tertiary/aromatic N) is 6. The summed E-state index contributed by atoms with van der Waals surface area (Å²) in [5.41, 5.74) is 5.35. The second-order valence-corrected chi connectivity index (χ2v) is 9.26. The summed E-state index contributed by atoms with van der Waals surface area (Å²) in [7, 11) is 0. The summed E-state index contributed by atoms with van der Waals surface area (Å²) in [5, 5.41) is 21.9. The first kappa shape index (κ1) is 26.7. The van der Waals surface area contributed by atoms with Crippen LogP contribution in [-0.4, -0.2) is 41.3 Å². The van der Waals surface area contributed by atoms with Crippen LogP contribution in [-0.2, 0) is 24.1 Å². The fourth-order valence-corrected chi connectivity index (χ4v) is 5.04. The van der Waals surface area contributed by atoms with Crippen LogP contribution < -0.4 is 11.1 Å². The molecule has 0 saturated carbocycles. The molecule has 3 N–H and O–H groups in total. The molecule has 0 bridgehead atoms. The number of anilines is 1. The van der Waals surface area contributed by atoms with Gasteiger partial charge in [-0.05, 0) is 32.4 Å². The SMILES string of the molecule is CCn1ncc(-c2cc(C(F)(F)F)nc3sc(C(N)=O)c(NC(=O)CCn4ncc([N+](=O)[O-])c4C)c23)c1C. The van der Waals surface area contributed by atoms with E-state index in [1.54, 1.807) is 11.6 Å². The van der Waals surface area contributed by atoms with Crippen molar-refractivity contribution < 1.29 is 27.7 Å². The first-order chi connectivity index (χ1) is 17.8. The van der Waals surface area contributed by atoms with Crippen LogP contribution in [0.15, 0.2) is 18.5 Å². The topological polar surface area (TPSA) is 164 Å². The van der Waals surface area contributed by atoms with E-state index < -0.39 is 28.6 Å². The van der Waals surface area contributed by atoms with Crippen LogP contribution in [0, 0.1) is 24.0 Å². The highest BCUT2D eigenvalue weighted by atomic mass is 32.1. The summed E-state index contributed by atoms with van der Waals surface area (Å²) in [6.07, 6.45) is -2.50. The molecular weight excluding hydrogens is 529 g/mol. The van der Waals surface area contributed by atoms with Gasteiger partial charge in [-0.15, -0.1) is 11.3 Å². The van der Waals surface area contributed by atoms with Gasteiger partial charge in [-0.25, -0.2) is 4.98 Å². The summed E-state index contributed by atoms with van der Waals surface area (Å²) in [6, 6.07) is 0.853. The van der Waals surface area contributed by atoms with Crippen LogP contribution in [0.25, 0.3) is 21.3 Å². The molecule has 0 aliphatic rings. The molecule has 0 saturated heterocycles. The number of pyridine rings is 1. The first-order valence-corrected chi connectivity index (χ1v) is 12.0. The minimum atomic E-state index is -4.78. The van der Waals surface area contributed by atoms with Crippen LogP contribution in [0.2, 0.25) is 0 Å². The minimum Gasteiger partial charge on any atom is -0.365 e. The van der Waals surface area contributed by atoms with Crippen LogP contribution in [0.1, 0.15) is 40.1 Å². The summed E-state index contributed by atoms with van der Waals surface area (Å²) in [5.74, 6) is -1.57. The molecule has 0 aliphatic carbocycles. The van der Waals surface area contributed by atoms with Gasteiger partial charge < -0.3 is 11.1 Å². The minimum absolute atomic E-state index is 0.0226. The normalized spacial score (nSPS) is 11.7. The average Bonchev–Trinajstić information content (AvgIpc) is 3.51. The average molecular weight is 551 g/mol. The second-order valence-electron chi connectivity index (χ2n) is 8.26. The largest absolute Gasteiger partial charge is 0.433 e. The fraction of sp³-hybridized carbons (Fsp3) is 0.318. The Bertz CT molecular complexity index is 1590. The number of primary amides is 1. The number of amides is 2. The molecule has 4 aromatic rings. The zero-order valence-electron chi connectivity index (χ0n) is 20.3. The van der Waals surface area contributed by atoms with E-state index in [9.17, 15) is 32.9 Å². The maximum absolute atomic E-state index is 13.7. The van der Waals surface area contributed by atoms with E-state index >= 15 is 0 Å². The smallest absolute Gasteiger partial charge is 0.365 e. The molecule has 0 fully saturated rings. The molecule has 12 nitrogen and oxygen atoms in total. The lowest BCUT2D eigenvalue weighted by atomic mass is 10.0. The predicted molar refractivity (Wildman–Crippen MR) is 132 cm³/mol. The number of nitro groups is 1. The Balaban J connectivity index is 1.80. The monoisotopic (exact) mass is 550 g/mol. The standard InChI is InChI=1S/C22H21F3N8O4S/c1-4-31-10(2)13(8-27-31)12-7-15(22(23,24)25)29-21-17(12)18(19(38-21)20(26)35)30-16(34)5-6-32-11(3)14(9-28-32)33(36)37/h7-9H,4-6H2,1-3H3,(H2,26,35)(H,30,34). The van der Waals surface area contributed by atoms with E-state index in [0.29, 0.717) is 29.1 Å². The van der Waals surface area contributed by atoms with Gasteiger partial charge >= 0.3 is 11.9 Å². The summed E-state index contributed by atoms with van der Waals surface area (Å²) < 4.78 is 44.0. The highest BCUT2D eigenvalue weighted by Gasteiger charge is 2.35. The highest BCUT2D eigenvalue weighted by Crippen LogP contribution is 2.44. The number of nitrogens with two attached hydrogens (primary N) is 1. The van der Waals surface area contributed by atoms with Crippen molar-refractivity contribution in [3.05, 3.63) is 50.5 Å².